The number of halogens is 3. The number of carbonyl (C=O) groups is 1. The molecule has 118 valence electrons. The number of hydrogen-bond acceptors (Lipinski definition) is 5. The zero-order valence-corrected chi connectivity index (χ0v) is 11.8. The highest BCUT2D eigenvalue weighted by Gasteiger charge is 2.37. The van der Waals surface area contributed by atoms with Crippen molar-refractivity contribution in [3.63, 3.8) is 0 Å². The van der Waals surface area contributed by atoms with Gasteiger partial charge in [0, 0.05) is 13.1 Å². The first-order chi connectivity index (χ1) is 10.3. The van der Waals surface area contributed by atoms with Crippen LogP contribution in [0.1, 0.15) is 47.2 Å². The quantitative estimate of drug-likeness (QED) is 0.938. The predicted octanol–water partition coefficient (Wildman–Crippen LogP) is 2.67. The number of nitrogens with zero attached hydrogens (tertiary/aromatic N) is 3. The van der Waals surface area contributed by atoms with Crippen LogP contribution < -0.4 is 5.32 Å². The van der Waals surface area contributed by atoms with Crippen LogP contribution in [0.3, 0.4) is 0 Å². The highest BCUT2D eigenvalue weighted by atomic mass is 19.4. The van der Waals surface area contributed by atoms with Crippen molar-refractivity contribution in [2.75, 3.05) is 0 Å². The van der Waals surface area contributed by atoms with Gasteiger partial charge < -0.3 is 9.84 Å². The standard InChI is InChI=1S/C13H13F3N4O2/c1-3-9(11-18-7(2)22-20-11)19-12(21)8-5-4-6-17-10(8)13(14,15)16/h4-6,9H,3H2,1-2H3,(H,19,21). The molecule has 0 fully saturated rings. The topological polar surface area (TPSA) is 80.9 Å². The Hall–Kier alpha value is -2.45. The first kappa shape index (κ1) is 15.9. The molecule has 6 nitrogen and oxygen atoms in total. The number of hydrogen-bond donors (Lipinski definition) is 1. The van der Waals surface area contributed by atoms with Crippen LogP contribution >= 0.6 is 0 Å². The summed E-state index contributed by atoms with van der Waals surface area (Å²) in [7, 11) is 0. The summed E-state index contributed by atoms with van der Waals surface area (Å²) in [6, 6.07) is 1.69. The fourth-order valence-electron chi connectivity index (χ4n) is 1.86. The van der Waals surface area contributed by atoms with Crippen LogP contribution in [0.2, 0.25) is 0 Å². The lowest BCUT2D eigenvalue weighted by atomic mass is 10.1. The molecule has 1 N–H and O–H groups in total. The number of nitrogens with one attached hydrogen (secondary N) is 1. The molecule has 2 aromatic rings. The van der Waals surface area contributed by atoms with E-state index in [0.29, 0.717) is 12.3 Å². The molecule has 0 aliphatic carbocycles. The lowest BCUT2D eigenvalue weighted by molar-refractivity contribution is -0.141. The molecule has 2 aromatic heterocycles. The van der Waals surface area contributed by atoms with E-state index in [4.69, 9.17) is 4.52 Å². The van der Waals surface area contributed by atoms with E-state index in [1.54, 1.807) is 13.8 Å². The molecule has 9 heteroatoms. The zero-order valence-electron chi connectivity index (χ0n) is 11.8. The molecule has 1 amide bonds. The van der Waals surface area contributed by atoms with Crippen molar-refractivity contribution >= 4 is 5.91 Å². The van der Waals surface area contributed by atoms with E-state index in [2.05, 4.69) is 20.4 Å². The molecule has 22 heavy (non-hydrogen) atoms. The monoisotopic (exact) mass is 314 g/mol. The van der Waals surface area contributed by atoms with E-state index in [0.717, 1.165) is 12.3 Å². The molecule has 2 rings (SSSR count). The summed E-state index contributed by atoms with van der Waals surface area (Å²) in [5.41, 5.74) is -1.78. The summed E-state index contributed by atoms with van der Waals surface area (Å²) < 4.78 is 43.4. The van der Waals surface area contributed by atoms with Gasteiger partial charge in [-0.2, -0.15) is 18.2 Å². The number of aryl methyl sites for hydroxylation is 1. The second-order valence-corrected chi connectivity index (χ2v) is 4.50. The number of rotatable bonds is 4. The highest BCUT2D eigenvalue weighted by molar-refractivity contribution is 5.95. The van der Waals surface area contributed by atoms with Crippen LogP contribution in [0.5, 0.6) is 0 Å². The lowest BCUT2D eigenvalue weighted by Crippen LogP contribution is -2.31. The first-order valence-corrected chi connectivity index (χ1v) is 6.46. The Morgan fingerprint density at radius 3 is 2.73 bits per heavy atom. The molecule has 0 saturated heterocycles. The Balaban J connectivity index is 2.25. The van der Waals surface area contributed by atoms with Crippen LogP contribution in [0.4, 0.5) is 13.2 Å². The fourth-order valence-corrected chi connectivity index (χ4v) is 1.86. The third-order valence-electron chi connectivity index (χ3n) is 2.89. The van der Waals surface area contributed by atoms with Gasteiger partial charge in [0.15, 0.2) is 11.5 Å². The van der Waals surface area contributed by atoms with E-state index in [1.807, 2.05) is 0 Å². The van der Waals surface area contributed by atoms with E-state index in [-0.39, 0.29) is 5.82 Å². The number of alkyl halides is 3. The molecule has 0 bridgehead atoms. The Kier molecular flexibility index (Phi) is 4.43. The van der Waals surface area contributed by atoms with Gasteiger partial charge in [0.25, 0.3) is 5.91 Å². The lowest BCUT2D eigenvalue weighted by Gasteiger charge is -2.15. The summed E-state index contributed by atoms with van der Waals surface area (Å²) in [4.78, 5) is 19.3. The van der Waals surface area contributed by atoms with Crippen LogP contribution in [0.15, 0.2) is 22.9 Å². The second-order valence-electron chi connectivity index (χ2n) is 4.50. The van der Waals surface area contributed by atoms with Crippen LogP contribution in [0, 0.1) is 6.92 Å². The average Bonchev–Trinajstić information content (AvgIpc) is 2.90. The van der Waals surface area contributed by atoms with Gasteiger partial charge in [-0.1, -0.05) is 12.1 Å². The molecular formula is C13H13F3N4O2. The van der Waals surface area contributed by atoms with Gasteiger partial charge >= 0.3 is 6.18 Å². The molecule has 0 saturated carbocycles. The minimum atomic E-state index is -4.71. The number of amides is 1. The Morgan fingerprint density at radius 1 is 1.45 bits per heavy atom. The van der Waals surface area contributed by atoms with Crippen LogP contribution in [-0.2, 0) is 6.18 Å². The summed E-state index contributed by atoms with van der Waals surface area (Å²) in [6.45, 7) is 3.32. The van der Waals surface area contributed by atoms with Gasteiger partial charge in [0.2, 0.25) is 5.89 Å². The van der Waals surface area contributed by atoms with Gasteiger partial charge in [-0.25, -0.2) is 0 Å². The van der Waals surface area contributed by atoms with E-state index in [9.17, 15) is 18.0 Å². The summed E-state index contributed by atoms with van der Waals surface area (Å²) >= 11 is 0. The molecule has 2 heterocycles. The minimum Gasteiger partial charge on any atom is -0.342 e. The van der Waals surface area contributed by atoms with Crippen molar-refractivity contribution in [2.45, 2.75) is 32.5 Å². The van der Waals surface area contributed by atoms with Crippen LogP contribution in [-0.4, -0.2) is 21.0 Å². The Morgan fingerprint density at radius 2 is 2.18 bits per heavy atom. The molecular weight excluding hydrogens is 301 g/mol. The second kappa shape index (κ2) is 6.12. The van der Waals surface area contributed by atoms with Gasteiger partial charge in [-0.3, -0.25) is 9.78 Å². The minimum absolute atomic E-state index is 0.214. The first-order valence-electron chi connectivity index (χ1n) is 6.46. The number of pyridine rings is 1. The highest BCUT2D eigenvalue weighted by Crippen LogP contribution is 2.30. The Bertz CT molecular complexity index is 669. The number of aromatic nitrogens is 3. The van der Waals surface area contributed by atoms with Crippen LogP contribution in [0.25, 0.3) is 0 Å². The largest absolute Gasteiger partial charge is 0.434 e. The van der Waals surface area contributed by atoms with Gasteiger partial charge in [0.1, 0.15) is 0 Å². The molecule has 0 aliphatic heterocycles. The third kappa shape index (κ3) is 3.41. The summed E-state index contributed by atoms with van der Waals surface area (Å²) in [5.74, 6) is -0.374. The van der Waals surface area contributed by atoms with Crippen molar-refractivity contribution < 1.29 is 22.5 Å². The molecule has 0 aliphatic rings. The maximum Gasteiger partial charge on any atom is 0.434 e. The van der Waals surface area contributed by atoms with E-state index >= 15 is 0 Å². The van der Waals surface area contributed by atoms with Gasteiger partial charge in [0.05, 0.1) is 11.6 Å². The summed E-state index contributed by atoms with van der Waals surface area (Å²) in [6.07, 6.45) is -3.33. The van der Waals surface area contributed by atoms with Gasteiger partial charge in [-0.05, 0) is 18.6 Å². The SMILES string of the molecule is CCC(NC(=O)c1cccnc1C(F)(F)F)c1noc(C)n1. The number of carbonyl (C=O) groups excluding carboxylic acids is 1. The average molecular weight is 314 g/mol. The molecule has 0 spiro atoms. The zero-order chi connectivity index (χ0) is 16.3. The molecule has 0 radical (unpaired) electrons. The van der Waals surface area contributed by atoms with E-state index < -0.39 is 29.4 Å². The molecule has 1 unspecified atom stereocenters. The van der Waals surface area contributed by atoms with Crippen molar-refractivity contribution in [1.82, 2.24) is 20.4 Å². The third-order valence-corrected chi connectivity index (χ3v) is 2.89. The maximum atomic E-state index is 12.9. The Labute approximate surface area is 123 Å². The van der Waals surface area contributed by atoms with Gasteiger partial charge in [-0.15, -0.1) is 0 Å². The fraction of sp³-hybridized carbons (Fsp3) is 0.385. The normalized spacial score (nSPS) is 13.0. The summed E-state index contributed by atoms with van der Waals surface area (Å²) in [5, 5.41) is 6.13. The van der Waals surface area contributed by atoms with Crippen molar-refractivity contribution in [1.29, 1.82) is 0 Å². The molecule has 0 aromatic carbocycles. The van der Waals surface area contributed by atoms with Crippen molar-refractivity contribution in [2.24, 2.45) is 0 Å². The van der Waals surface area contributed by atoms with E-state index in [1.165, 1.54) is 6.07 Å². The smallest absolute Gasteiger partial charge is 0.342 e. The predicted molar refractivity (Wildman–Crippen MR) is 68.8 cm³/mol. The molecule has 1 atom stereocenters. The van der Waals surface area contributed by atoms with Crippen molar-refractivity contribution in [3.8, 4) is 0 Å². The maximum absolute atomic E-state index is 12.9. The van der Waals surface area contributed by atoms with Crippen molar-refractivity contribution in [3.05, 3.63) is 41.3 Å².